The van der Waals surface area contributed by atoms with Crippen LogP contribution in [-0.4, -0.2) is 11.2 Å². The molecule has 0 saturated carbocycles. The van der Waals surface area contributed by atoms with E-state index in [9.17, 15) is 9.59 Å². The standard InChI is InChI=1S/C56H50O6/c1-54(2,3)42-23-24-44-40(28-42)22-25-49-47(44)31-45(52(57)59-49)37-18-14-34(15-19-37)33-10-12-35(13-11-33)38-20-16-36-17-21-39(27-41(36)26-38)46-32-48-50(60-53(46)58)29-43(61-55(4,5)6)30-51(48)62-56(7,8)9/h10-32H,1-9H3. The summed E-state index contributed by atoms with van der Waals surface area (Å²) in [6.45, 7) is 18.5. The average Bonchev–Trinajstić information content (AvgIpc) is 3.21. The second-order valence-corrected chi connectivity index (χ2v) is 19.3. The molecule has 0 atom stereocenters. The largest absolute Gasteiger partial charge is 0.488 e. The molecule has 0 bridgehead atoms. The molecule has 0 aliphatic rings. The third kappa shape index (κ3) is 8.13. The van der Waals surface area contributed by atoms with E-state index in [-0.39, 0.29) is 11.0 Å². The lowest BCUT2D eigenvalue weighted by Gasteiger charge is -2.25. The number of fused-ring (bicyclic) bond motifs is 5. The first kappa shape index (κ1) is 40.5. The zero-order chi connectivity index (χ0) is 43.7. The first-order valence-electron chi connectivity index (χ1n) is 21.1. The Balaban J connectivity index is 0.992. The molecular weight excluding hydrogens is 769 g/mol. The van der Waals surface area contributed by atoms with Gasteiger partial charge < -0.3 is 18.3 Å². The van der Waals surface area contributed by atoms with Gasteiger partial charge in [-0.2, -0.15) is 0 Å². The van der Waals surface area contributed by atoms with Crippen molar-refractivity contribution in [2.75, 3.05) is 0 Å². The van der Waals surface area contributed by atoms with Crippen LogP contribution in [0.1, 0.15) is 67.9 Å². The molecule has 2 heterocycles. The van der Waals surface area contributed by atoms with Crippen LogP contribution >= 0.6 is 0 Å². The molecule has 62 heavy (non-hydrogen) atoms. The van der Waals surface area contributed by atoms with Crippen molar-refractivity contribution in [3.63, 3.8) is 0 Å². The second-order valence-electron chi connectivity index (χ2n) is 19.3. The van der Waals surface area contributed by atoms with Crippen molar-refractivity contribution < 1.29 is 18.3 Å². The van der Waals surface area contributed by atoms with E-state index >= 15 is 0 Å². The molecule has 0 radical (unpaired) electrons. The fourth-order valence-corrected chi connectivity index (χ4v) is 8.08. The summed E-state index contributed by atoms with van der Waals surface area (Å²) in [5, 5.41) is 5.85. The minimum atomic E-state index is -0.488. The Labute approximate surface area is 361 Å². The molecular formula is C56H50O6. The summed E-state index contributed by atoms with van der Waals surface area (Å²) in [6, 6.07) is 46.8. The summed E-state index contributed by atoms with van der Waals surface area (Å²) in [5.74, 6) is 1.16. The van der Waals surface area contributed by atoms with E-state index in [0.717, 1.165) is 60.3 Å². The highest BCUT2D eigenvalue weighted by atomic mass is 16.5. The molecule has 7 aromatic carbocycles. The number of hydrogen-bond donors (Lipinski definition) is 0. The maximum Gasteiger partial charge on any atom is 0.344 e. The second kappa shape index (κ2) is 14.9. The molecule has 0 saturated heterocycles. The number of ether oxygens (including phenoxy) is 2. The topological polar surface area (TPSA) is 78.9 Å². The van der Waals surface area contributed by atoms with Crippen LogP contribution in [0.25, 0.3) is 88.0 Å². The number of hydrogen-bond acceptors (Lipinski definition) is 6. The molecule has 0 fully saturated rings. The zero-order valence-corrected chi connectivity index (χ0v) is 36.7. The Kier molecular flexibility index (Phi) is 9.74. The lowest BCUT2D eigenvalue weighted by Crippen LogP contribution is -2.24. The minimum Gasteiger partial charge on any atom is -0.488 e. The summed E-state index contributed by atoms with van der Waals surface area (Å²) < 4.78 is 24.3. The molecule has 6 nitrogen and oxygen atoms in total. The summed E-state index contributed by atoms with van der Waals surface area (Å²) in [5.41, 5.74) is 7.32. The van der Waals surface area contributed by atoms with Gasteiger partial charge in [-0.25, -0.2) is 9.59 Å². The van der Waals surface area contributed by atoms with Gasteiger partial charge in [-0.15, -0.1) is 0 Å². The van der Waals surface area contributed by atoms with Gasteiger partial charge in [0.25, 0.3) is 0 Å². The van der Waals surface area contributed by atoms with E-state index in [1.165, 1.54) is 5.56 Å². The molecule has 310 valence electrons. The van der Waals surface area contributed by atoms with Crippen molar-refractivity contribution >= 4 is 43.5 Å². The molecule has 0 aliphatic heterocycles. The zero-order valence-electron chi connectivity index (χ0n) is 36.7. The van der Waals surface area contributed by atoms with Crippen LogP contribution in [0.15, 0.2) is 158 Å². The van der Waals surface area contributed by atoms with Crippen LogP contribution in [0.4, 0.5) is 0 Å². The van der Waals surface area contributed by atoms with Gasteiger partial charge in [0.15, 0.2) is 0 Å². The normalized spacial score (nSPS) is 12.4. The highest BCUT2D eigenvalue weighted by Gasteiger charge is 2.21. The van der Waals surface area contributed by atoms with Gasteiger partial charge in [-0.05, 0) is 138 Å². The Morgan fingerprint density at radius 2 is 0.903 bits per heavy atom. The molecule has 0 N–H and O–H groups in total. The third-order valence-corrected chi connectivity index (χ3v) is 11.1. The van der Waals surface area contributed by atoms with Gasteiger partial charge >= 0.3 is 11.3 Å². The quantitative estimate of drug-likeness (QED) is 0.123. The first-order chi connectivity index (χ1) is 29.3. The van der Waals surface area contributed by atoms with Gasteiger partial charge in [0.2, 0.25) is 0 Å². The van der Waals surface area contributed by atoms with E-state index < -0.39 is 16.8 Å². The van der Waals surface area contributed by atoms with Gasteiger partial charge in [0.05, 0.1) is 16.5 Å². The molecule has 6 heteroatoms. The molecule has 0 spiro atoms. The van der Waals surface area contributed by atoms with Crippen LogP contribution in [0.3, 0.4) is 0 Å². The smallest absolute Gasteiger partial charge is 0.344 e. The SMILES string of the molecule is CC(C)(C)Oc1cc(OC(C)(C)C)c2cc(-c3ccc4ccc(-c5ccc(-c6ccc(-c7cc8c(ccc9cc(C(C)(C)C)ccc98)oc7=O)cc6)cc5)cc4c3)c(=O)oc2c1. The maximum absolute atomic E-state index is 13.6. The summed E-state index contributed by atoms with van der Waals surface area (Å²) in [6.07, 6.45) is 0. The fraction of sp³-hybridized carbons (Fsp3) is 0.214. The Hall–Kier alpha value is -6.92. The molecule has 0 unspecified atom stereocenters. The predicted octanol–water partition coefficient (Wildman–Crippen LogP) is 14.5. The van der Waals surface area contributed by atoms with E-state index in [0.29, 0.717) is 39.2 Å². The minimum absolute atomic E-state index is 0.0329. The first-order valence-corrected chi connectivity index (χ1v) is 21.1. The Morgan fingerprint density at radius 3 is 1.53 bits per heavy atom. The molecule has 2 aromatic heterocycles. The van der Waals surface area contributed by atoms with E-state index in [1.54, 1.807) is 6.07 Å². The van der Waals surface area contributed by atoms with Crippen LogP contribution in [-0.2, 0) is 5.41 Å². The van der Waals surface area contributed by atoms with Gasteiger partial charge in [-0.1, -0.05) is 118 Å². The fourth-order valence-electron chi connectivity index (χ4n) is 8.08. The highest BCUT2D eigenvalue weighted by molar-refractivity contribution is 6.06. The van der Waals surface area contributed by atoms with Crippen molar-refractivity contribution in [3.05, 3.63) is 166 Å². The summed E-state index contributed by atoms with van der Waals surface area (Å²) in [7, 11) is 0. The monoisotopic (exact) mass is 818 g/mol. The van der Waals surface area contributed by atoms with Crippen LogP contribution in [0.2, 0.25) is 0 Å². The lowest BCUT2D eigenvalue weighted by molar-refractivity contribution is 0.122. The molecule has 9 rings (SSSR count). The van der Waals surface area contributed by atoms with Crippen molar-refractivity contribution in [1.29, 1.82) is 0 Å². The number of rotatable bonds is 6. The van der Waals surface area contributed by atoms with Crippen molar-refractivity contribution in [3.8, 4) is 56.0 Å². The summed E-state index contributed by atoms with van der Waals surface area (Å²) in [4.78, 5) is 26.8. The predicted molar refractivity (Wildman–Crippen MR) is 255 cm³/mol. The van der Waals surface area contributed by atoms with Crippen LogP contribution < -0.4 is 20.7 Å². The summed E-state index contributed by atoms with van der Waals surface area (Å²) >= 11 is 0. The van der Waals surface area contributed by atoms with E-state index in [2.05, 4.69) is 81.4 Å². The van der Waals surface area contributed by atoms with Crippen molar-refractivity contribution in [2.45, 2.75) is 78.9 Å². The lowest BCUT2D eigenvalue weighted by atomic mass is 9.85. The highest BCUT2D eigenvalue weighted by Crippen LogP contribution is 2.38. The van der Waals surface area contributed by atoms with Gasteiger partial charge in [0, 0.05) is 17.5 Å². The van der Waals surface area contributed by atoms with Gasteiger partial charge in [0.1, 0.15) is 33.9 Å². The van der Waals surface area contributed by atoms with Crippen molar-refractivity contribution in [2.24, 2.45) is 0 Å². The van der Waals surface area contributed by atoms with Gasteiger partial charge in [-0.3, -0.25) is 0 Å². The molecule has 0 amide bonds. The van der Waals surface area contributed by atoms with E-state index in [1.807, 2.05) is 114 Å². The molecule has 0 aliphatic carbocycles. The van der Waals surface area contributed by atoms with Crippen molar-refractivity contribution in [1.82, 2.24) is 0 Å². The van der Waals surface area contributed by atoms with Crippen LogP contribution in [0, 0.1) is 0 Å². The maximum atomic E-state index is 13.6. The molecule has 9 aromatic rings. The average molecular weight is 819 g/mol. The Morgan fingerprint density at radius 1 is 0.387 bits per heavy atom. The Bertz CT molecular complexity index is 3310. The third-order valence-electron chi connectivity index (χ3n) is 11.1. The van der Waals surface area contributed by atoms with Crippen LogP contribution in [0.5, 0.6) is 11.5 Å². The van der Waals surface area contributed by atoms with E-state index in [4.69, 9.17) is 18.3 Å². The number of benzene rings is 7.